The number of para-hydroxylation sites is 1. The number of aromatic nitrogens is 3. The van der Waals surface area contributed by atoms with E-state index in [0.717, 1.165) is 30.8 Å². The number of rotatable bonds is 8. The predicted octanol–water partition coefficient (Wildman–Crippen LogP) is 4.06. The SMILES string of the molecule is CCCCCCOc1c(CC)cccc1-c1ncncn1. The molecular formula is C17H23N3O. The highest BCUT2D eigenvalue weighted by Gasteiger charge is 2.12. The van der Waals surface area contributed by atoms with Crippen LogP contribution < -0.4 is 4.74 Å². The van der Waals surface area contributed by atoms with Crippen molar-refractivity contribution in [2.45, 2.75) is 46.0 Å². The maximum Gasteiger partial charge on any atom is 0.166 e. The molecule has 0 spiro atoms. The molecule has 1 aromatic carbocycles. The molecule has 2 rings (SSSR count). The van der Waals surface area contributed by atoms with Gasteiger partial charge < -0.3 is 4.74 Å². The first-order valence-corrected chi connectivity index (χ1v) is 7.73. The smallest absolute Gasteiger partial charge is 0.166 e. The normalized spacial score (nSPS) is 10.6. The first kappa shape index (κ1) is 15.4. The summed E-state index contributed by atoms with van der Waals surface area (Å²) in [6, 6.07) is 6.14. The summed E-state index contributed by atoms with van der Waals surface area (Å²) in [5, 5.41) is 0. The summed E-state index contributed by atoms with van der Waals surface area (Å²) >= 11 is 0. The van der Waals surface area contributed by atoms with Gasteiger partial charge in [-0.3, -0.25) is 0 Å². The van der Waals surface area contributed by atoms with Gasteiger partial charge in [0.25, 0.3) is 0 Å². The molecule has 0 fully saturated rings. The summed E-state index contributed by atoms with van der Waals surface area (Å²) in [4.78, 5) is 12.4. The summed E-state index contributed by atoms with van der Waals surface area (Å²) in [6.45, 7) is 5.09. The highest BCUT2D eigenvalue weighted by Crippen LogP contribution is 2.31. The van der Waals surface area contributed by atoms with E-state index in [2.05, 4.69) is 34.9 Å². The third-order valence-electron chi connectivity index (χ3n) is 3.46. The Balaban J connectivity index is 2.17. The molecule has 0 amide bonds. The molecule has 21 heavy (non-hydrogen) atoms. The Morgan fingerprint density at radius 3 is 2.52 bits per heavy atom. The lowest BCUT2D eigenvalue weighted by Crippen LogP contribution is -2.03. The average Bonchev–Trinajstić information content (AvgIpc) is 2.55. The summed E-state index contributed by atoms with van der Waals surface area (Å²) < 4.78 is 6.06. The van der Waals surface area contributed by atoms with Crippen molar-refractivity contribution in [3.63, 3.8) is 0 Å². The van der Waals surface area contributed by atoms with Crippen LogP contribution in [0, 0.1) is 0 Å². The van der Waals surface area contributed by atoms with Crippen LogP contribution in [0.2, 0.25) is 0 Å². The molecule has 0 saturated heterocycles. The second kappa shape index (κ2) is 8.35. The van der Waals surface area contributed by atoms with Crippen molar-refractivity contribution in [3.05, 3.63) is 36.4 Å². The number of benzene rings is 1. The van der Waals surface area contributed by atoms with Gasteiger partial charge in [0.2, 0.25) is 0 Å². The van der Waals surface area contributed by atoms with Crippen LogP contribution >= 0.6 is 0 Å². The van der Waals surface area contributed by atoms with Gasteiger partial charge in [-0.15, -0.1) is 0 Å². The zero-order valence-electron chi connectivity index (χ0n) is 12.9. The molecule has 4 nitrogen and oxygen atoms in total. The van der Waals surface area contributed by atoms with Gasteiger partial charge >= 0.3 is 0 Å². The van der Waals surface area contributed by atoms with Crippen LogP contribution in [0.5, 0.6) is 5.75 Å². The fourth-order valence-electron chi connectivity index (χ4n) is 2.29. The zero-order valence-corrected chi connectivity index (χ0v) is 12.9. The Kier molecular flexibility index (Phi) is 6.13. The van der Waals surface area contributed by atoms with Crippen LogP contribution in [0.4, 0.5) is 0 Å². The van der Waals surface area contributed by atoms with Crippen molar-refractivity contribution in [1.29, 1.82) is 0 Å². The zero-order chi connectivity index (χ0) is 14.9. The molecule has 0 unspecified atom stereocenters. The third kappa shape index (κ3) is 4.25. The summed E-state index contributed by atoms with van der Waals surface area (Å²) in [5.41, 5.74) is 2.15. The number of unbranched alkanes of at least 4 members (excludes halogenated alkanes) is 3. The molecule has 0 aliphatic rings. The number of ether oxygens (including phenoxy) is 1. The molecule has 0 N–H and O–H groups in total. The highest BCUT2D eigenvalue weighted by molar-refractivity contribution is 5.66. The minimum absolute atomic E-state index is 0.670. The van der Waals surface area contributed by atoms with Crippen molar-refractivity contribution < 1.29 is 4.74 Å². The molecule has 2 aromatic rings. The molecule has 0 radical (unpaired) electrons. The van der Waals surface area contributed by atoms with Gasteiger partial charge in [-0.05, 0) is 24.5 Å². The van der Waals surface area contributed by atoms with Gasteiger partial charge in [0.1, 0.15) is 18.4 Å². The number of hydrogen-bond acceptors (Lipinski definition) is 4. The second-order valence-corrected chi connectivity index (χ2v) is 5.02. The molecule has 112 valence electrons. The maximum atomic E-state index is 6.06. The van der Waals surface area contributed by atoms with Crippen LogP contribution in [0.1, 0.15) is 45.1 Å². The maximum absolute atomic E-state index is 6.06. The molecule has 0 aliphatic heterocycles. The van der Waals surface area contributed by atoms with E-state index < -0.39 is 0 Å². The second-order valence-electron chi connectivity index (χ2n) is 5.02. The van der Waals surface area contributed by atoms with E-state index in [9.17, 15) is 0 Å². The lowest BCUT2D eigenvalue weighted by molar-refractivity contribution is 0.303. The molecule has 0 aliphatic carbocycles. The van der Waals surface area contributed by atoms with Crippen molar-refractivity contribution in [2.24, 2.45) is 0 Å². The highest BCUT2D eigenvalue weighted by atomic mass is 16.5. The van der Waals surface area contributed by atoms with Crippen LogP contribution in [0.3, 0.4) is 0 Å². The molecule has 4 heteroatoms. The lowest BCUT2D eigenvalue weighted by atomic mass is 10.1. The Morgan fingerprint density at radius 1 is 1.00 bits per heavy atom. The summed E-state index contributed by atoms with van der Waals surface area (Å²) in [5.74, 6) is 1.59. The largest absolute Gasteiger partial charge is 0.493 e. The van der Waals surface area contributed by atoms with E-state index in [1.165, 1.54) is 37.5 Å². The fourth-order valence-corrected chi connectivity index (χ4v) is 2.29. The Hall–Kier alpha value is -1.97. The van der Waals surface area contributed by atoms with Gasteiger partial charge in [-0.1, -0.05) is 45.2 Å². The van der Waals surface area contributed by atoms with Crippen LogP contribution in [0.25, 0.3) is 11.4 Å². The van der Waals surface area contributed by atoms with Crippen molar-refractivity contribution in [2.75, 3.05) is 6.61 Å². The van der Waals surface area contributed by atoms with Gasteiger partial charge in [-0.25, -0.2) is 15.0 Å². The average molecular weight is 285 g/mol. The quantitative estimate of drug-likeness (QED) is 0.686. The van der Waals surface area contributed by atoms with Crippen molar-refractivity contribution >= 4 is 0 Å². The first-order chi connectivity index (χ1) is 10.4. The predicted molar refractivity (Wildman–Crippen MR) is 84.3 cm³/mol. The van der Waals surface area contributed by atoms with Crippen LogP contribution in [0.15, 0.2) is 30.9 Å². The van der Waals surface area contributed by atoms with Gasteiger partial charge in [0.15, 0.2) is 5.82 Å². The first-order valence-electron chi connectivity index (χ1n) is 7.73. The lowest BCUT2D eigenvalue weighted by Gasteiger charge is -2.14. The number of hydrogen-bond donors (Lipinski definition) is 0. The van der Waals surface area contributed by atoms with E-state index in [1.807, 2.05) is 12.1 Å². The Labute approximate surface area is 126 Å². The van der Waals surface area contributed by atoms with Gasteiger partial charge in [-0.2, -0.15) is 0 Å². The standard InChI is InChI=1S/C17H23N3O/c1-3-5-6-7-11-21-16-14(4-2)9-8-10-15(16)17-19-12-18-13-20-17/h8-10,12-13H,3-7,11H2,1-2H3. The van der Waals surface area contributed by atoms with E-state index in [1.54, 1.807) is 0 Å². The van der Waals surface area contributed by atoms with E-state index >= 15 is 0 Å². The number of nitrogens with zero attached hydrogens (tertiary/aromatic N) is 3. The molecule has 1 aromatic heterocycles. The summed E-state index contributed by atoms with van der Waals surface area (Å²) in [6.07, 6.45) is 8.77. The third-order valence-corrected chi connectivity index (χ3v) is 3.46. The van der Waals surface area contributed by atoms with Crippen molar-refractivity contribution in [1.82, 2.24) is 15.0 Å². The van der Waals surface area contributed by atoms with Crippen LogP contribution in [-0.2, 0) is 6.42 Å². The molecule has 0 atom stereocenters. The minimum atomic E-state index is 0.670. The Bertz CT molecular complexity index is 543. The monoisotopic (exact) mass is 285 g/mol. The van der Waals surface area contributed by atoms with Crippen molar-refractivity contribution in [3.8, 4) is 17.1 Å². The van der Waals surface area contributed by atoms with E-state index in [4.69, 9.17) is 4.74 Å². The molecule has 0 saturated carbocycles. The van der Waals surface area contributed by atoms with E-state index in [-0.39, 0.29) is 0 Å². The molecule has 1 heterocycles. The minimum Gasteiger partial charge on any atom is -0.493 e. The number of aryl methyl sites for hydroxylation is 1. The molecular weight excluding hydrogens is 262 g/mol. The Morgan fingerprint density at radius 2 is 1.81 bits per heavy atom. The van der Waals surface area contributed by atoms with E-state index in [0.29, 0.717) is 5.82 Å². The van der Waals surface area contributed by atoms with Gasteiger partial charge in [0, 0.05) is 0 Å². The molecule has 0 bridgehead atoms. The fraction of sp³-hybridized carbons (Fsp3) is 0.471. The van der Waals surface area contributed by atoms with Crippen LogP contribution in [-0.4, -0.2) is 21.6 Å². The summed E-state index contributed by atoms with van der Waals surface area (Å²) in [7, 11) is 0. The van der Waals surface area contributed by atoms with Gasteiger partial charge in [0.05, 0.1) is 12.2 Å². The topological polar surface area (TPSA) is 47.9 Å².